The molecule has 3 aromatic carbocycles. The van der Waals surface area contributed by atoms with Crippen LogP contribution in [0.1, 0.15) is 32.6 Å². The third-order valence-corrected chi connectivity index (χ3v) is 6.04. The van der Waals surface area contributed by atoms with E-state index in [4.69, 9.17) is 0 Å². The Morgan fingerprint density at radius 1 is 0.939 bits per heavy atom. The number of phenols is 1. The number of pyridine rings is 1. The number of carbonyl (C=O) groups is 1. The van der Waals surface area contributed by atoms with E-state index < -0.39 is 0 Å². The molecule has 5 nitrogen and oxygen atoms in total. The Labute approximate surface area is 193 Å². The fraction of sp³-hybridized carbons (Fsp3) is 0.143. The molecule has 5 heteroatoms. The van der Waals surface area contributed by atoms with Gasteiger partial charge in [0.05, 0.1) is 11.3 Å². The number of hydrogen-bond acceptors (Lipinski definition) is 5. The summed E-state index contributed by atoms with van der Waals surface area (Å²) in [5, 5.41) is 16.6. The summed E-state index contributed by atoms with van der Waals surface area (Å²) >= 11 is 0. The van der Waals surface area contributed by atoms with Crippen LogP contribution in [0.25, 0.3) is 0 Å². The molecule has 0 saturated carbocycles. The van der Waals surface area contributed by atoms with E-state index in [-0.39, 0.29) is 11.5 Å². The molecule has 0 unspecified atom stereocenters. The molecule has 5 rings (SSSR count). The van der Waals surface area contributed by atoms with Crippen LogP contribution in [0.4, 0.5) is 22.9 Å². The maximum atomic E-state index is 13.4. The number of nitrogens with zero attached hydrogens (tertiary/aromatic N) is 1. The first-order chi connectivity index (χ1) is 16.1. The van der Waals surface area contributed by atoms with E-state index in [0.29, 0.717) is 23.5 Å². The first kappa shape index (κ1) is 20.8. The van der Waals surface area contributed by atoms with Crippen LogP contribution in [0, 0.1) is 6.92 Å². The van der Waals surface area contributed by atoms with Crippen LogP contribution in [0.2, 0.25) is 0 Å². The van der Waals surface area contributed by atoms with Crippen molar-refractivity contribution >= 4 is 28.7 Å². The Morgan fingerprint density at radius 2 is 1.76 bits per heavy atom. The zero-order valence-electron chi connectivity index (χ0n) is 18.4. The van der Waals surface area contributed by atoms with E-state index in [1.54, 1.807) is 24.4 Å². The lowest BCUT2D eigenvalue weighted by molar-refractivity contribution is 0.0995. The number of aryl methyl sites for hydroxylation is 3. The molecule has 4 aromatic rings. The van der Waals surface area contributed by atoms with Gasteiger partial charge in [-0.3, -0.25) is 4.79 Å². The second-order valence-corrected chi connectivity index (χ2v) is 8.41. The van der Waals surface area contributed by atoms with Crippen molar-refractivity contribution in [3.63, 3.8) is 0 Å². The van der Waals surface area contributed by atoms with Crippen molar-refractivity contribution in [1.82, 2.24) is 4.98 Å². The van der Waals surface area contributed by atoms with E-state index in [9.17, 15) is 9.90 Å². The van der Waals surface area contributed by atoms with Crippen molar-refractivity contribution in [3.05, 3.63) is 107 Å². The van der Waals surface area contributed by atoms with Gasteiger partial charge in [0.1, 0.15) is 11.6 Å². The predicted octanol–water partition coefficient (Wildman–Crippen LogP) is 6.11. The number of nitrogens with one attached hydrogen (secondary N) is 2. The van der Waals surface area contributed by atoms with Crippen molar-refractivity contribution in [2.24, 2.45) is 0 Å². The molecule has 1 aliphatic heterocycles. The summed E-state index contributed by atoms with van der Waals surface area (Å²) < 4.78 is 0. The smallest absolute Gasteiger partial charge is 0.173 e. The van der Waals surface area contributed by atoms with Gasteiger partial charge in [-0.05, 0) is 60.2 Å². The Bertz CT molecular complexity index is 1330. The number of rotatable bonds is 5. The Morgan fingerprint density at radius 3 is 2.61 bits per heavy atom. The molecule has 2 heterocycles. The topological polar surface area (TPSA) is 74.2 Å². The molecule has 0 fully saturated rings. The number of aromatic nitrogens is 1. The standard InChI is InChI=1S/C28H25N3O2/c1-18-7-11-22(32)17-25(18)30-24-13-14-29-28-27(24)26(33)16-21-15-20(10-12-23(21)31-28)9-8-19-5-3-2-4-6-19/h2-7,10-15,17,32H,8-9,16H2,1H3,(H2,29,30,31). The van der Waals surface area contributed by atoms with Crippen molar-refractivity contribution < 1.29 is 9.90 Å². The highest BCUT2D eigenvalue weighted by atomic mass is 16.3. The van der Waals surface area contributed by atoms with Crippen LogP contribution in [-0.2, 0) is 19.3 Å². The Kier molecular flexibility index (Phi) is 5.53. The molecule has 1 aliphatic rings. The van der Waals surface area contributed by atoms with Gasteiger partial charge in [0.15, 0.2) is 5.78 Å². The molecule has 0 aliphatic carbocycles. The number of anilines is 4. The van der Waals surface area contributed by atoms with Gasteiger partial charge in [-0.2, -0.15) is 0 Å². The molecule has 0 spiro atoms. The normalized spacial score (nSPS) is 12.3. The van der Waals surface area contributed by atoms with E-state index in [2.05, 4.69) is 52.0 Å². The monoisotopic (exact) mass is 435 g/mol. The highest BCUT2D eigenvalue weighted by molar-refractivity contribution is 6.09. The van der Waals surface area contributed by atoms with E-state index >= 15 is 0 Å². The third kappa shape index (κ3) is 4.44. The zero-order chi connectivity index (χ0) is 22.8. The summed E-state index contributed by atoms with van der Waals surface area (Å²) in [6.07, 6.45) is 3.85. The fourth-order valence-corrected chi connectivity index (χ4v) is 4.23. The SMILES string of the molecule is Cc1ccc(O)cc1Nc1ccnc2c1C(=O)Cc1cc(CCc3ccccc3)ccc1N2. The van der Waals surface area contributed by atoms with Crippen LogP contribution in [0.15, 0.2) is 79.0 Å². The van der Waals surface area contributed by atoms with Crippen LogP contribution >= 0.6 is 0 Å². The number of fused-ring (bicyclic) bond motifs is 2. The van der Waals surface area contributed by atoms with Gasteiger partial charge >= 0.3 is 0 Å². The Hall–Kier alpha value is -4.12. The van der Waals surface area contributed by atoms with Gasteiger partial charge < -0.3 is 15.7 Å². The van der Waals surface area contributed by atoms with Crippen LogP contribution in [-0.4, -0.2) is 15.9 Å². The molecular formula is C28H25N3O2. The minimum absolute atomic E-state index is 0.00451. The number of hydrogen-bond donors (Lipinski definition) is 3. The summed E-state index contributed by atoms with van der Waals surface area (Å²) in [7, 11) is 0. The van der Waals surface area contributed by atoms with Crippen LogP contribution in [0.3, 0.4) is 0 Å². The summed E-state index contributed by atoms with van der Waals surface area (Å²) in [6.45, 7) is 1.95. The average Bonchev–Trinajstić information content (AvgIpc) is 2.96. The molecular weight excluding hydrogens is 410 g/mol. The van der Waals surface area contributed by atoms with Gasteiger partial charge in [0, 0.05) is 30.1 Å². The number of ketones is 1. The molecule has 0 radical (unpaired) electrons. The highest BCUT2D eigenvalue weighted by Crippen LogP contribution is 2.35. The second kappa shape index (κ2) is 8.79. The van der Waals surface area contributed by atoms with Gasteiger partial charge in [-0.25, -0.2) is 4.98 Å². The minimum Gasteiger partial charge on any atom is -0.508 e. The summed E-state index contributed by atoms with van der Waals surface area (Å²) in [6, 6.07) is 23.6. The largest absolute Gasteiger partial charge is 0.508 e. The summed E-state index contributed by atoms with van der Waals surface area (Å²) in [4.78, 5) is 17.8. The van der Waals surface area contributed by atoms with Crippen LogP contribution in [0.5, 0.6) is 5.75 Å². The number of phenolic OH excluding ortho intramolecular Hbond substituents is 1. The van der Waals surface area contributed by atoms with E-state index in [1.165, 1.54) is 11.1 Å². The van der Waals surface area contributed by atoms with Gasteiger partial charge in [-0.15, -0.1) is 0 Å². The third-order valence-electron chi connectivity index (χ3n) is 6.04. The molecule has 3 N–H and O–H groups in total. The minimum atomic E-state index is 0.00451. The summed E-state index contributed by atoms with van der Waals surface area (Å²) in [5.74, 6) is 0.714. The number of aromatic hydroxyl groups is 1. The van der Waals surface area contributed by atoms with Gasteiger partial charge in [0.2, 0.25) is 0 Å². The van der Waals surface area contributed by atoms with Gasteiger partial charge in [-0.1, -0.05) is 48.5 Å². The number of carbonyl (C=O) groups excluding carboxylic acids is 1. The lowest BCUT2D eigenvalue weighted by Gasteiger charge is -2.15. The lowest BCUT2D eigenvalue weighted by Crippen LogP contribution is -2.08. The predicted molar refractivity (Wildman–Crippen MR) is 132 cm³/mol. The van der Waals surface area contributed by atoms with Crippen molar-refractivity contribution in [3.8, 4) is 5.75 Å². The van der Waals surface area contributed by atoms with Crippen molar-refractivity contribution in [1.29, 1.82) is 0 Å². The first-order valence-electron chi connectivity index (χ1n) is 11.1. The maximum Gasteiger partial charge on any atom is 0.173 e. The molecule has 164 valence electrons. The highest BCUT2D eigenvalue weighted by Gasteiger charge is 2.24. The van der Waals surface area contributed by atoms with E-state index in [0.717, 1.165) is 35.3 Å². The average molecular weight is 436 g/mol. The second-order valence-electron chi connectivity index (χ2n) is 8.41. The fourth-order valence-electron chi connectivity index (χ4n) is 4.23. The molecule has 33 heavy (non-hydrogen) atoms. The molecule has 1 aromatic heterocycles. The molecule has 0 bridgehead atoms. The lowest BCUT2D eigenvalue weighted by atomic mass is 9.98. The van der Waals surface area contributed by atoms with Crippen molar-refractivity contribution in [2.45, 2.75) is 26.2 Å². The first-order valence-corrected chi connectivity index (χ1v) is 11.1. The molecule has 0 saturated heterocycles. The number of benzene rings is 3. The van der Waals surface area contributed by atoms with E-state index in [1.807, 2.05) is 25.1 Å². The quantitative estimate of drug-likeness (QED) is 0.353. The Balaban J connectivity index is 1.42. The number of Topliss-reactive ketones (excluding diaryl/α,β-unsaturated/α-hetero) is 1. The van der Waals surface area contributed by atoms with Crippen LogP contribution < -0.4 is 10.6 Å². The molecule has 0 amide bonds. The summed E-state index contributed by atoms with van der Waals surface area (Å²) in [5.41, 5.74) is 7.31. The van der Waals surface area contributed by atoms with Gasteiger partial charge in [0.25, 0.3) is 0 Å². The molecule has 0 atom stereocenters. The zero-order valence-corrected chi connectivity index (χ0v) is 18.4. The maximum absolute atomic E-state index is 13.4. The van der Waals surface area contributed by atoms with Crippen molar-refractivity contribution in [2.75, 3.05) is 10.6 Å².